The Bertz CT molecular complexity index is 708. The summed E-state index contributed by atoms with van der Waals surface area (Å²) < 4.78 is 40.9. The Kier molecular flexibility index (Phi) is 6.03. The van der Waals surface area contributed by atoms with E-state index < -0.39 is 12.8 Å². The van der Waals surface area contributed by atoms with E-state index in [4.69, 9.17) is 11.6 Å². The Morgan fingerprint density at radius 3 is 2.71 bits per heavy atom. The Morgan fingerprint density at radius 1 is 1.25 bits per heavy atom. The zero-order chi connectivity index (χ0) is 17.6. The van der Waals surface area contributed by atoms with Gasteiger partial charge in [0.05, 0.1) is 6.42 Å². The Labute approximate surface area is 141 Å². The number of nitrogens with zero attached hydrogens (tertiary/aromatic N) is 1. The van der Waals surface area contributed by atoms with Crippen LogP contribution in [-0.2, 0) is 17.8 Å². The van der Waals surface area contributed by atoms with Gasteiger partial charge in [-0.05, 0) is 23.3 Å². The van der Waals surface area contributed by atoms with E-state index in [1.54, 1.807) is 30.3 Å². The number of carbonyl (C=O) groups excluding carboxylic acids is 1. The van der Waals surface area contributed by atoms with Crippen LogP contribution in [0, 0.1) is 0 Å². The molecule has 2 rings (SSSR count). The van der Waals surface area contributed by atoms with Crippen LogP contribution in [0.25, 0.3) is 0 Å². The van der Waals surface area contributed by atoms with Crippen molar-refractivity contribution in [1.82, 2.24) is 10.3 Å². The number of benzene rings is 1. The van der Waals surface area contributed by atoms with Crippen molar-refractivity contribution in [3.63, 3.8) is 0 Å². The highest BCUT2D eigenvalue weighted by molar-refractivity contribution is 6.31. The van der Waals surface area contributed by atoms with Crippen molar-refractivity contribution in [2.45, 2.75) is 19.1 Å². The van der Waals surface area contributed by atoms with Gasteiger partial charge in [-0.2, -0.15) is 13.2 Å². The average Bonchev–Trinajstić information content (AvgIpc) is 2.53. The van der Waals surface area contributed by atoms with Crippen molar-refractivity contribution in [3.05, 3.63) is 58.7 Å². The number of ether oxygens (including phenoxy) is 1. The highest BCUT2D eigenvalue weighted by Gasteiger charge is 2.28. The summed E-state index contributed by atoms with van der Waals surface area (Å²) in [6.45, 7) is -1.27. The standard InChI is InChI=1S/C16H14ClF3N2O2/c17-13-4-2-1-3-12(13)8-14(23)22-9-11-5-6-21-15(7-11)24-10-16(18,19)20/h1-7H,8-10H2,(H,22,23). The summed E-state index contributed by atoms with van der Waals surface area (Å²) in [6, 6.07) is 9.91. The van der Waals surface area contributed by atoms with Crippen molar-refractivity contribution in [2.75, 3.05) is 6.61 Å². The number of halogens is 4. The summed E-state index contributed by atoms with van der Waals surface area (Å²) in [5.74, 6) is -0.400. The summed E-state index contributed by atoms with van der Waals surface area (Å²) in [7, 11) is 0. The summed E-state index contributed by atoms with van der Waals surface area (Å²) >= 11 is 5.98. The fourth-order valence-corrected chi connectivity index (χ4v) is 2.08. The number of hydrogen-bond acceptors (Lipinski definition) is 3. The van der Waals surface area contributed by atoms with Crippen molar-refractivity contribution in [3.8, 4) is 5.88 Å². The minimum absolute atomic E-state index is 0.113. The van der Waals surface area contributed by atoms with Gasteiger partial charge < -0.3 is 10.1 Å². The quantitative estimate of drug-likeness (QED) is 0.859. The fourth-order valence-electron chi connectivity index (χ4n) is 1.87. The van der Waals surface area contributed by atoms with Gasteiger partial charge >= 0.3 is 6.18 Å². The second-order valence-electron chi connectivity index (χ2n) is 4.95. The minimum Gasteiger partial charge on any atom is -0.468 e. The number of pyridine rings is 1. The molecule has 0 unspecified atom stereocenters. The highest BCUT2D eigenvalue weighted by atomic mass is 35.5. The molecule has 128 valence electrons. The Balaban J connectivity index is 1.87. The smallest absolute Gasteiger partial charge is 0.422 e. The topological polar surface area (TPSA) is 51.2 Å². The van der Waals surface area contributed by atoms with E-state index in [1.165, 1.54) is 12.3 Å². The van der Waals surface area contributed by atoms with Crippen molar-refractivity contribution < 1.29 is 22.7 Å². The van der Waals surface area contributed by atoms with Gasteiger partial charge in [-0.15, -0.1) is 0 Å². The molecule has 1 aromatic carbocycles. The molecule has 0 saturated heterocycles. The maximum absolute atomic E-state index is 12.1. The number of carbonyl (C=O) groups is 1. The predicted octanol–water partition coefficient (Wildman–Crippen LogP) is 3.54. The van der Waals surface area contributed by atoms with Crippen LogP contribution in [0.4, 0.5) is 13.2 Å². The molecule has 0 bridgehead atoms. The molecule has 0 saturated carbocycles. The third-order valence-corrected chi connectivity index (χ3v) is 3.35. The summed E-state index contributed by atoms with van der Waals surface area (Å²) in [6.07, 6.45) is -3.00. The van der Waals surface area contributed by atoms with Gasteiger partial charge in [-0.3, -0.25) is 4.79 Å². The Hall–Kier alpha value is -2.28. The van der Waals surface area contributed by atoms with Crippen LogP contribution < -0.4 is 10.1 Å². The normalized spacial score (nSPS) is 11.2. The molecule has 4 nitrogen and oxygen atoms in total. The first kappa shape index (κ1) is 18.1. The van der Waals surface area contributed by atoms with Crippen molar-refractivity contribution in [1.29, 1.82) is 0 Å². The van der Waals surface area contributed by atoms with Crippen LogP contribution in [0.3, 0.4) is 0 Å². The number of alkyl halides is 3. The molecule has 1 heterocycles. The maximum atomic E-state index is 12.1. The van der Waals surface area contributed by atoms with Crippen LogP contribution in [0.5, 0.6) is 5.88 Å². The summed E-state index contributed by atoms with van der Waals surface area (Å²) in [5, 5.41) is 3.17. The van der Waals surface area contributed by atoms with Gasteiger partial charge in [0.1, 0.15) is 0 Å². The first-order chi connectivity index (χ1) is 11.3. The monoisotopic (exact) mass is 358 g/mol. The molecule has 0 aliphatic carbocycles. The molecule has 0 radical (unpaired) electrons. The third-order valence-electron chi connectivity index (χ3n) is 2.98. The molecule has 0 aliphatic rings. The average molecular weight is 359 g/mol. The number of aromatic nitrogens is 1. The Morgan fingerprint density at radius 2 is 2.00 bits per heavy atom. The van der Waals surface area contributed by atoms with E-state index in [1.807, 2.05) is 0 Å². The second-order valence-corrected chi connectivity index (χ2v) is 5.36. The maximum Gasteiger partial charge on any atom is 0.422 e. The van der Waals surface area contributed by atoms with Gasteiger partial charge in [-0.1, -0.05) is 29.8 Å². The van der Waals surface area contributed by atoms with Crippen LogP contribution in [0.15, 0.2) is 42.6 Å². The lowest BCUT2D eigenvalue weighted by Gasteiger charge is -2.10. The van der Waals surface area contributed by atoms with Crippen LogP contribution in [0.1, 0.15) is 11.1 Å². The number of nitrogens with one attached hydrogen (secondary N) is 1. The number of hydrogen-bond donors (Lipinski definition) is 1. The van der Waals surface area contributed by atoms with Gasteiger partial charge in [-0.25, -0.2) is 4.98 Å². The van der Waals surface area contributed by atoms with Crippen molar-refractivity contribution >= 4 is 17.5 Å². The molecule has 8 heteroatoms. The van der Waals surface area contributed by atoms with Gasteiger partial charge in [0.25, 0.3) is 0 Å². The van der Waals surface area contributed by atoms with Crippen LogP contribution >= 0.6 is 11.6 Å². The number of rotatable bonds is 6. The molecular formula is C16H14ClF3N2O2. The first-order valence-electron chi connectivity index (χ1n) is 6.98. The highest BCUT2D eigenvalue weighted by Crippen LogP contribution is 2.18. The molecule has 1 aromatic heterocycles. The van der Waals surface area contributed by atoms with E-state index in [9.17, 15) is 18.0 Å². The molecule has 24 heavy (non-hydrogen) atoms. The van der Waals surface area contributed by atoms with E-state index in [0.717, 1.165) is 0 Å². The summed E-state index contributed by atoms with van der Waals surface area (Å²) in [4.78, 5) is 15.6. The first-order valence-corrected chi connectivity index (χ1v) is 7.36. The summed E-state index contributed by atoms with van der Waals surface area (Å²) in [5.41, 5.74) is 1.27. The lowest BCUT2D eigenvalue weighted by molar-refractivity contribution is -0.154. The minimum atomic E-state index is -4.43. The van der Waals surface area contributed by atoms with Gasteiger partial charge in [0.15, 0.2) is 6.61 Å². The largest absolute Gasteiger partial charge is 0.468 e. The van der Waals surface area contributed by atoms with E-state index in [0.29, 0.717) is 16.1 Å². The second kappa shape index (κ2) is 8.01. The zero-order valence-electron chi connectivity index (χ0n) is 12.4. The molecule has 0 fully saturated rings. The SMILES string of the molecule is O=C(Cc1ccccc1Cl)NCc1ccnc(OCC(F)(F)F)c1. The molecular weight excluding hydrogens is 345 g/mol. The van der Waals surface area contributed by atoms with E-state index in [2.05, 4.69) is 15.0 Å². The van der Waals surface area contributed by atoms with Gasteiger partial charge in [0, 0.05) is 23.8 Å². The molecule has 2 aromatic rings. The zero-order valence-corrected chi connectivity index (χ0v) is 13.2. The molecule has 1 N–H and O–H groups in total. The fraction of sp³-hybridized carbons (Fsp3) is 0.250. The molecule has 0 atom stereocenters. The number of amides is 1. The van der Waals surface area contributed by atoms with Crippen molar-refractivity contribution in [2.24, 2.45) is 0 Å². The van der Waals surface area contributed by atoms with Crippen LogP contribution in [-0.4, -0.2) is 23.7 Å². The molecule has 1 amide bonds. The lowest BCUT2D eigenvalue weighted by atomic mass is 10.1. The molecule has 0 spiro atoms. The molecule has 0 aliphatic heterocycles. The third kappa shape index (κ3) is 6.08. The van der Waals surface area contributed by atoms with E-state index >= 15 is 0 Å². The predicted molar refractivity (Wildman–Crippen MR) is 82.8 cm³/mol. The van der Waals surface area contributed by atoms with E-state index in [-0.39, 0.29) is 24.8 Å². The van der Waals surface area contributed by atoms with Crippen LogP contribution in [0.2, 0.25) is 5.02 Å². The lowest BCUT2D eigenvalue weighted by Crippen LogP contribution is -2.24. The van der Waals surface area contributed by atoms with Gasteiger partial charge in [0.2, 0.25) is 11.8 Å².